The molecule has 12 heteroatoms. The summed E-state index contributed by atoms with van der Waals surface area (Å²) in [6.45, 7) is 1.79. The molecule has 228 valence electrons. The molecule has 2 atom stereocenters. The first kappa shape index (κ1) is 32.6. The van der Waals surface area contributed by atoms with E-state index in [9.17, 15) is 32.3 Å². The van der Waals surface area contributed by atoms with E-state index in [0.29, 0.717) is 0 Å². The molecule has 43 heavy (non-hydrogen) atoms. The van der Waals surface area contributed by atoms with E-state index in [4.69, 9.17) is 10.5 Å². The third-order valence-electron chi connectivity index (χ3n) is 6.58. The number of aromatic amines is 1. The van der Waals surface area contributed by atoms with Crippen LogP contribution in [0.3, 0.4) is 0 Å². The van der Waals surface area contributed by atoms with Gasteiger partial charge in [0.2, 0.25) is 11.8 Å². The van der Waals surface area contributed by atoms with Crippen LogP contribution in [0.2, 0.25) is 0 Å². The number of carbonyl (C=O) groups excluding carboxylic acids is 4. The molecule has 9 nitrogen and oxygen atoms in total. The number of hydrogen-bond acceptors (Lipinski definition) is 5. The lowest BCUT2D eigenvalue weighted by atomic mass is 10.0. The minimum atomic E-state index is -4.60. The lowest BCUT2D eigenvalue weighted by Crippen LogP contribution is -2.51. The minimum Gasteiger partial charge on any atom is -0.463 e. The Hall–Kier alpha value is -4.87. The van der Waals surface area contributed by atoms with Crippen LogP contribution >= 0.6 is 0 Å². The maximum Gasteiger partial charge on any atom is 0.417 e. The molecule has 0 saturated carbocycles. The molecule has 1 aromatic heterocycles. The third-order valence-corrected chi connectivity index (χ3v) is 6.58. The second kappa shape index (κ2) is 14.9. The zero-order valence-corrected chi connectivity index (χ0v) is 23.7. The number of H-pyrrole nitrogens is 1. The fraction of sp³-hybridized carbons (Fsp3) is 0.290. The van der Waals surface area contributed by atoms with Gasteiger partial charge in [-0.05, 0) is 37.1 Å². The average molecular weight is 599 g/mol. The Labute approximate surface area is 246 Å². The van der Waals surface area contributed by atoms with Crippen LogP contribution in [0.4, 0.5) is 13.2 Å². The lowest BCUT2D eigenvalue weighted by Gasteiger charge is -2.29. The van der Waals surface area contributed by atoms with Crippen molar-refractivity contribution in [1.29, 1.82) is 0 Å². The third kappa shape index (κ3) is 9.32. The molecule has 2 aromatic carbocycles. The van der Waals surface area contributed by atoms with Gasteiger partial charge in [0.25, 0.3) is 5.91 Å². The number of primary amides is 1. The SMILES string of the molecule is CCOC(=O)/C=C/[C@@H](CCC(N)=O)NC(=O)[C@@H](Cc1ccccc1)N(C)C(=O)c1ccc(-c2ccccc2C(F)(F)F)[nH]1. The highest BCUT2D eigenvalue weighted by atomic mass is 19.4. The monoisotopic (exact) mass is 598 g/mol. The van der Waals surface area contributed by atoms with Gasteiger partial charge in [-0.1, -0.05) is 54.6 Å². The first-order valence-corrected chi connectivity index (χ1v) is 13.5. The van der Waals surface area contributed by atoms with Crippen molar-refractivity contribution in [2.75, 3.05) is 13.7 Å². The van der Waals surface area contributed by atoms with E-state index in [0.717, 1.165) is 17.7 Å². The van der Waals surface area contributed by atoms with Gasteiger partial charge in [-0.15, -0.1) is 0 Å². The van der Waals surface area contributed by atoms with Gasteiger partial charge in [-0.25, -0.2) is 4.79 Å². The van der Waals surface area contributed by atoms with Crippen molar-refractivity contribution in [2.45, 2.75) is 44.4 Å². The predicted octanol–water partition coefficient (Wildman–Crippen LogP) is 4.25. The normalized spacial score (nSPS) is 12.9. The Kier molecular flexibility index (Phi) is 11.3. The number of esters is 1. The van der Waals surface area contributed by atoms with Gasteiger partial charge < -0.3 is 25.7 Å². The molecular weight excluding hydrogens is 565 g/mol. The number of amides is 3. The number of rotatable bonds is 13. The quantitative estimate of drug-likeness (QED) is 0.200. The van der Waals surface area contributed by atoms with Crippen molar-refractivity contribution in [3.05, 3.63) is 95.7 Å². The highest BCUT2D eigenvalue weighted by molar-refractivity contribution is 5.97. The number of nitrogens with two attached hydrogens (primary N) is 1. The summed E-state index contributed by atoms with van der Waals surface area (Å²) < 4.78 is 45.6. The molecule has 0 fully saturated rings. The smallest absolute Gasteiger partial charge is 0.417 e. The van der Waals surface area contributed by atoms with Crippen LogP contribution in [0.25, 0.3) is 11.3 Å². The number of hydrogen-bond donors (Lipinski definition) is 3. The predicted molar refractivity (Wildman–Crippen MR) is 153 cm³/mol. The molecule has 1 heterocycles. The number of benzene rings is 2. The highest BCUT2D eigenvalue weighted by Gasteiger charge is 2.34. The Balaban J connectivity index is 1.89. The van der Waals surface area contributed by atoms with E-state index in [1.165, 1.54) is 48.4 Å². The molecule has 3 amide bonds. The van der Waals surface area contributed by atoms with Gasteiger partial charge in [0.1, 0.15) is 11.7 Å². The molecule has 0 spiro atoms. The first-order chi connectivity index (χ1) is 20.4. The van der Waals surface area contributed by atoms with E-state index >= 15 is 0 Å². The number of likely N-dealkylation sites (N-methyl/N-ethyl adjacent to an activating group) is 1. The van der Waals surface area contributed by atoms with Crippen LogP contribution in [0, 0.1) is 0 Å². The first-order valence-electron chi connectivity index (χ1n) is 13.5. The minimum absolute atomic E-state index is 0.0205. The Bertz CT molecular complexity index is 1450. The summed E-state index contributed by atoms with van der Waals surface area (Å²) in [4.78, 5) is 54.4. The van der Waals surface area contributed by atoms with E-state index in [-0.39, 0.29) is 42.8 Å². The second-order valence-electron chi connectivity index (χ2n) is 9.68. The molecule has 0 unspecified atom stereocenters. The van der Waals surface area contributed by atoms with Crippen molar-refractivity contribution in [2.24, 2.45) is 5.73 Å². The van der Waals surface area contributed by atoms with Crippen LogP contribution in [0.5, 0.6) is 0 Å². The number of nitrogens with zero attached hydrogens (tertiary/aromatic N) is 1. The summed E-state index contributed by atoms with van der Waals surface area (Å²) in [5, 5.41) is 2.76. The molecule has 0 radical (unpaired) electrons. The van der Waals surface area contributed by atoms with Crippen molar-refractivity contribution < 1.29 is 37.1 Å². The number of alkyl halides is 3. The molecule has 4 N–H and O–H groups in total. The maximum absolute atomic E-state index is 13.6. The van der Waals surface area contributed by atoms with E-state index in [1.54, 1.807) is 37.3 Å². The summed E-state index contributed by atoms with van der Waals surface area (Å²) in [5.41, 5.74) is 5.11. The number of nitrogens with one attached hydrogen (secondary N) is 2. The van der Waals surface area contributed by atoms with Crippen LogP contribution in [0.15, 0.2) is 78.9 Å². The summed E-state index contributed by atoms with van der Waals surface area (Å²) >= 11 is 0. The zero-order valence-electron chi connectivity index (χ0n) is 23.7. The highest BCUT2D eigenvalue weighted by Crippen LogP contribution is 2.36. The Morgan fingerprint density at radius 1 is 1.02 bits per heavy atom. The van der Waals surface area contributed by atoms with E-state index in [2.05, 4.69) is 10.3 Å². The van der Waals surface area contributed by atoms with Crippen molar-refractivity contribution >= 4 is 23.7 Å². The summed E-state index contributed by atoms with van der Waals surface area (Å²) in [5.74, 6) is -2.46. The zero-order chi connectivity index (χ0) is 31.6. The van der Waals surface area contributed by atoms with Crippen LogP contribution in [0.1, 0.15) is 41.4 Å². The van der Waals surface area contributed by atoms with Gasteiger partial charge in [0, 0.05) is 43.3 Å². The molecule has 0 aliphatic heterocycles. The summed E-state index contributed by atoms with van der Waals surface area (Å²) in [6.07, 6.45) is -1.98. The van der Waals surface area contributed by atoms with Gasteiger partial charge in [-0.3, -0.25) is 14.4 Å². The van der Waals surface area contributed by atoms with Crippen LogP contribution in [-0.2, 0) is 31.7 Å². The van der Waals surface area contributed by atoms with E-state index < -0.39 is 47.5 Å². The topological polar surface area (TPSA) is 135 Å². The molecule has 0 aliphatic carbocycles. The van der Waals surface area contributed by atoms with Crippen molar-refractivity contribution in [3.63, 3.8) is 0 Å². The second-order valence-corrected chi connectivity index (χ2v) is 9.68. The summed E-state index contributed by atoms with van der Waals surface area (Å²) in [6, 6.07) is 14.8. The summed E-state index contributed by atoms with van der Waals surface area (Å²) in [7, 11) is 1.41. The maximum atomic E-state index is 13.6. The standard InChI is InChI=1S/C31H33F3N4O5/c1-3-43-28(40)18-14-21(13-17-27(35)39)36-29(41)26(19-20-9-5-4-6-10-20)38(2)30(42)25-16-15-24(37-25)22-11-7-8-12-23(22)31(32,33)34/h4-12,14-16,18,21,26,37H,3,13,17,19H2,1-2H3,(H2,35,39)(H,36,41)/b18-14+/t21-,26-/m1/s1. The van der Waals surface area contributed by atoms with Gasteiger partial charge in [0.15, 0.2) is 0 Å². The Morgan fingerprint density at radius 3 is 2.35 bits per heavy atom. The molecule has 3 rings (SSSR count). The Morgan fingerprint density at radius 2 is 1.70 bits per heavy atom. The molecule has 0 aliphatic rings. The number of halogens is 3. The van der Waals surface area contributed by atoms with Crippen molar-refractivity contribution in [3.8, 4) is 11.3 Å². The average Bonchev–Trinajstić information content (AvgIpc) is 3.47. The lowest BCUT2D eigenvalue weighted by molar-refractivity contribution is -0.138. The molecule has 0 saturated heterocycles. The number of ether oxygens (including phenoxy) is 1. The van der Waals surface area contributed by atoms with Gasteiger partial charge >= 0.3 is 12.1 Å². The van der Waals surface area contributed by atoms with Crippen LogP contribution in [-0.4, -0.2) is 59.3 Å². The van der Waals surface area contributed by atoms with Crippen molar-refractivity contribution in [1.82, 2.24) is 15.2 Å². The molecule has 3 aromatic rings. The fourth-order valence-electron chi connectivity index (χ4n) is 4.39. The molecular formula is C31H33F3N4O5. The molecule has 0 bridgehead atoms. The number of carbonyl (C=O) groups is 4. The van der Waals surface area contributed by atoms with Gasteiger partial charge in [-0.2, -0.15) is 13.2 Å². The number of aromatic nitrogens is 1. The fourth-order valence-corrected chi connectivity index (χ4v) is 4.39. The van der Waals surface area contributed by atoms with E-state index in [1.807, 2.05) is 0 Å². The van der Waals surface area contributed by atoms with Crippen LogP contribution < -0.4 is 11.1 Å². The largest absolute Gasteiger partial charge is 0.463 e. The van der Waals surface area contributed by atoms with Gasteiger partial charge in [0.05, 0.1) is 12.2 Å².